The van der Waals surface area contributed by atoms with Gasteiger partial charge in [-0.15, -0.1) is 0 Å². The molecule has 0 spiro atoms. The van der Waals surface area contributed by atoms with Gasteiger partial charge in [0.25, 0.3) is 5.56 Å². The Hall–Kier alpha value is -2.04. The van der Waals surface area contributed by atoms with Gasteiger partial charge in [-0.05, 0) is 6.07 Å². The standard InChI is InChI=1S/C9H8N2O3/c1-14-9-8-5(2-3-10-9)6(12)4-7(13)11-8/h2-4H,1H3,(H2,11,12,13). The third-order valence-electron chi connectivity index (χ3n) is 1.90. The largest absolute Gasteiger partial charge is 0.507 e. The quantitative estimate of drug-likeness (QED) is 0.695. The summed E-state index contributed by atoms with van der Waals surface area (Å²) in [5.74, 6) is 0.208. The third kappa shape index (κ3) is 1.19. The Kier molecular flexibility index (Phi) is 1.85. The maximum Gasteiger partial charge on any atom is 0.252 e. The molecule has 0 radical (unpaired) electrons. The highest BCUT2D eigenvalue weighted by Gasteiger charge is 2.07. The van der Waals surface area contributed by atoms with Crippen molar-refractivity contribution in [2.24, 2.45) is 0 Å². The van der Waals surface area contributed by atoms with E-state index in [1.807, 2.05) is 0 Å². The average Bonchev–Trinajstić information content (AvgIpc) is 2.17. The lowest BCUT2D eigenvalue weighted by molar-refractivity contribution is 0.402. The van der Waals surface area contributed by atoms with Crippen molar-refractivity contribution in [3.63, 3.8) is 0 Å². The molecule has 0 saturated heterocycles. The molecule has 2 heterocycles. The van der Waals surface area contributed by atoms with Gasteiger partial charge in [0.2, 0.25) is 5.88 Å². The maximum absolute atomic E-state index is 11.1. The van der Waals surface area contributed by atoms with Gasteiger partial charge in [-0.25, -0.2) is 4.98 Å². The first-order chi connectivity index (χ1) is 6.72. The molecule has 72 valence electrons. The van der Waals surface area contributed by atoms with E-state index in [4.69, 9.17) is 4.74 Å². The molecule has 2 rings (SSSR count). The lowest BCUT2D eigenvalue weighted by Crippen LogP contribution is -2.04. The Bertz CT molecular complexity index is 533. The molecule has 0 fully saturated rings. The van der Waals surface area contributed by atoms with E-state index >= 15 is 0 Å². The second-order valence-corrected chi connectivity index (χ2v) is 2.76. The number of rotatable bonds is 1. The number of fused-ring (bicyclic) bond motifs is 1. The molecule has 0 aliphatic rings. The fourth-order valence-corrected chi connectivity index (χ4v) is 1.29. The van der Waals surface area contributed by atoms with E-state index in [0.717, 1.165) is 6.07 Å². The summed E-state index contributed by atoms with van der Waals surface area (Å²) in [7, 11) is 1.45. The molecule has 2 aromatic heterocycles. The number of H-pyrrole nitrogens is 1. The zero-order chi connectivity index (χ0) is 10.1. The van der Waals surface area contributed by atoms with E-state index in [-0.39, 0.29) is 17.2 Å². The molecule has 0 aromatic carbocycles. The molecule has 0 aliphatic heterocycles. The van der Waals surface area contributed by atoms with Gasteiger partial charge in [0.15, 0.2) is 0 Å². The highest BCUT2D eigenvalue weighted by Crippen LogP contribution is 2.25. The summed E-state index contributed by atoms with van der Waals surface area (Å²) >= 11 is 0. The van der Waals surface area contributed by atoms with Gasteiger partial charge >= 0.3 is 0 Å². The van der Waals surface area contributed by atoms with Crippen LogP contribution < -0.4 is 10.3 Å². The molecule has 5 nitrogen and oxygen atoms in total. The van der Waals surface area contributed by atoms with Gasteiger partial charge in [-0.2, -0.15) is 0 Å². The van der Waals surface area contributed by atoms with Crippen LogP contribution in [0.15, 0.2) is 23.1 Å². The summed E-state index contributed by atoms with van der Waals surface area (Å²) in [6.07, 6.45) is 1.50. The molecular weight excluding hydrogens is 184 g/mol. The molecule has 5 heteroatoms. The predicted molar refractivity (Wildman–Crippen MR) is 50.6 cm³/mol. The van der Waals surface area contributed by atoms with Crippen molar-refractivity contribution in [1.82, 2.24) is 9.97 Å². The molecule has 0 amide bonds. The van der Waals surface area contributed by atoms with Gasteiger partial charge in [-0.1, -0.05) is 0 Å². The van der Waals surface area contributed by atoms with Gasteiger partial charge < -0.3 is 14.8 Å². The van der Waals surface area contributed by atoms with Crippen LogP contribution in [0.1, 0.15) is 0 Å². The van der Waals surface area contributed by atoms with Crippen LogP contribution >= 0.6 is 0 Å². The lowest BCUT2D eigenvalue weighted by Gasteiger charge is -2.03. The molecule has 0 saturated carbocycles. The van der Waals surface area contributed by atoms with E-state index in [0.29, 0.717) is 10.9 Å². The molecule has 0 aliphatic carbocycles. The molecule has 0 atom stereocenters. The van der Waals surface area contributed by atoms with Gasteiger partial charge in [0.1, 0.15) is 11.3 Å². The van der Waals surface area contributed by atoms with Crippen LogP contribution in [0.25, 0.3) is 10.9 Å². The third-order valence-corrected chi connectivity index (χ3v) is 1.90. The zero-order valence-electron chi connectivity index (χ0n) is 7.44. The van der Waals surface area contributed by atoms with Crippen LogP contribution in [-0.4, -0.2) is 22.2 Å². The van der Waals surface area contributed by atoms with E-state index in [9.17, 15) is 9.90 Å². The van der Waals surface area contributed by atoms with Crippen LogP contribution in [0.4, 0.5) is 0 Å². The average molecular weight is 192 g/mol. The highest BCUT2D eigenvalue weighted by atomic mass is 16.5. The number of pyridine rings is 2. The van der Waals surface area contributed by atoms with Crippen molar-refractivity contribution in [1.29, 1.82) is 0 Å². The Morgan fingerprint density at radius 2 is 2.36 bits per heavy atom. The smallest absolute Gasteiger partial charge is 0.252 e. The Morgan fingerprint density at radius 3 is 3.07 bits per heavy atom. The highest BCUT2D eigenvalue weighted by molar-refractivity contribution is 5.87. The van der Waals surface area contributed by atoms with Crippen molar-refractivity contribution in [2.45, 2.75) is 0 Å². The first-order valence-electron chi connectivity index (χ1n) is 3.97. The molecule has 14 heavy (non-hydrogen) atoms. The van der Waals surface area contributed by atoms with Crippen LogP contribution in [0.5, 0.6) is 11.6 Å². The van der Waals surface area contributed by atoms with Crippen LogP contribution in [0, 0.1) is 0 Å². The number of methoxy groups -OCH3 is 1. The topological polar surface area (TPSA) is 75.2 Å². The summed E-state index contributed by atoms with van der Waals surface area (Å²) in [4.78, 5) is 17.5. The Labute approximate surface area is 79.0 Å². The maximum atomic E-state index is 11.1. The number of hydrogen-bond donors (Lipinski definition) is 2. The van der Waals surface area contributed by atoms with E-state index < -0.39 is 0 Å². The fraction of sp³-hybridized carbons (Fsp3) is 0.111. The van der Waals surface area contributed by atoms with E-state index in [1.165, 1.54) is 13.3 Å². The summed E-state index contributed by atoms with van der Waals surface area (Å²) in [5, 5.41) is 9.98. The minimum absolute atomic E-state index is 0.0792. The van der Waals surface area contributed by atoms with E-state index in [1.54, 1.807) is 6.07 Å². The van der Waals surface area contributed by atoms with Crippen LogP contribution in [0.3, 0.4) is 0 Å². The van der Waals surface area contributed by atoms with E-state index in [2.05, 4.69) is 9.97 Å². The lowest BCUT2D eigenvalue weighted by atomic mass is 10.2. The fourth-order valence-electron chi connectivity index (χ4n) is 1.29. The second-order valence-electron chi connectivity index (χ2n) is 2.76. The summed E-state index contributed by atoms with van der Waals surface area (Å²) < 4.78 is 4.95. The number of hydrogen-bond acceptors (Lipinski definition) is 4. The Morgan fingerprint density at radius 1 is 1.57 bits per heavy atom. The number of aromatic hydroxyl groups is 1. The SMILES string of the molecule is COc1nccc2c(O)cc(=O)[nH]c12. The van der Waals surface area contributed by atoms with Gasteiger partial charge in [0.05, 0.1) is 7.11 Å². The minimum atomic E-state index is -0.388. The molecule has 2 aromatic rings. The first-order valence-corrected chi connectivity index (χ1v) is 3.97. The number of nitrogens with zero attached hydrogens (tertiary/aromatic N) is 1. The molecule has 0 bridgehead atoms. The predicted octanol–water partition coefficient (Wildman–Crippen LogP) is 0.637. The van der Waals surface area contributed by atoms with Crippen LogP contribution in [-0.2, 0) is 0 Å². The molecular formula is C9H8N2O3. The zero-order valence-corrected chi connectivity index (χ0v) is 7.44. The van der Waals surface area contributed by atoms with Crippen molar-refractivity contribution in [2.75, 3.05) is 7.11 Å². The number of aromatic amines is 1. The van der Waals surface area contributed by atoms with Crippen LogP contribution in [0.2, 0.25) is 0 Å². The van der Waals surface area contributed by atoms with Crippen molar-refractivity contribution >= 4 is 10.9 Å². The molecule has 0 unspecified atom stereocenters. The van der Waals surface area contributed by atoms with Crippen molar-refractivity contribution in [3.8, 4) is 11.6 Å². The van der Waals surface area contributed by atoms with Crippen molar-refractivity contribution < 1.29 is 9.84 Å². The normalized spacial score (nSPS) is 10.4. The molecule has 2 N–H and O–H groups in total. The monoisotopic (exact) mass is 192 g/mol. The number of aromatic nitrogens is 2. The first kappa shape index (κ1) is 8.55. The summed E-state index contributed by atoms with van der Waals surface area (Å²) in [6.45, 7) is 0. The second kappa shape index (κ2) is 3.02. The van der Waals surface area contributed by atoms with Gasteiger partial charge in [0, 0.05) is 17.6 Å². The number of nitrogens with one attached hydrogen (secondary N) is 1. The Balaban J connectivity index is 2.93. The number of ether oxygens (including phenoxy) is 1. The summed E-state index contributed by atoms with van der Waals surface area (Å²) in [6, 6.07) is 2.71. The summed E-state index contributed by atoms with van der Waals surface area (Å²) in [5.41, 5.74) is 0.0151. The van der Waals surface area contributed by atoms with Gasteiger partial charge in [-0.3, -0.25) is 4.79 Å². The van der Waals surface area contributed by atoms with Crippen molar-refractivity contribution in [3.05, 3.63) is 28.7 Å². The minimum Gasteiger partial charge on any atom is -0.507 e.